The van der Waals surface area contributed by atoms with E-state index in [9.17, 15) is 23.5 Å². The molecule has 7 nitrogen and oxygen atoms in total. The number of piperazine rings is 1. The maximum atomic E-state index is 15.1. The molecule has 33 heavy (non-hydrogen) atoms. The van der Waals surface area contributed by atoms with E-state index in [0.29, 0.717) is 18.7 Å². The average Bonchev–Trinajstić information content (AvgIpc) is 3.16. The number of carbonyl (C=O) groups is 2. The molecule has 2 aromatic carbocycles. The molecule has 0 bridgehead atoms. The zero-order chi connectivity index (χ0) is 23.9. The highest BCUT2D eigenvalue weighted by Gasteiger charge is 2.48. The molecule has 2 aliphatic heterocycles. The number of hydrogen-bond donors (Lipinski definition) is 3. The Bertz CT molecular complexity index is 1100. The SMILES string of the molecule is Cc1cc(NC(=O)c2ccc(F)c(C(F)(F)C(=O)N3CCN4C(CNC4O)C3)c2)ccc1F. The summed E-state index contributed by atoms with van der Waals surface area (Å²) in [5, 5.41) is 15.0. The van der Waals surface area contributed by atoms with E-state index >= 15 is 8.78 Å². The third-order valence-corrected chi connectivity index (χ3v) is 5.92. The molecule has 2 aromatic rings. The molecule has 0 aromatic heterocycles. The van der Waals surface area contributed by atoms with E-state index in [1.54, 1.807) is 4.90 Å². The monoisotopic (exact) mass is 466 g/mol. The maximum Gasteiger partial charge on any atom is 0.352 e. The molecule has 2 aliphatic rings. The number of aliphatic hydroxyl groups is 1. The number of halogens is 4. The van der Waals surface area contributed by atoms with Crippen molar-refractivity contribution in [3.05, 3.63) is 64.7 Å². The Morgan fingerprint density at radius 2 is 1.85 bits per heavy atom. The van der Waals surface area contributed by atoms with E-state index in [1.807, 2.05) is 0 Å². The molecular formula is C22H22F4N4O3. The Kier molecular flexibility index (Phi) is 6.12. The second-order valence-corrected chi connectivity index (χ2v) is 8.11. The van der Waals surface area contributed by atoms with Gasteiger partial charge in [0.25, 0.3) is 11.8 Å². The number of hydrogen-bond acceptors (Lipinski definition) is 5. The zero-order valence-electron chi connectivity index (χ0n) is 17.6. The Morgan fingerprint density at radius 1 is 1.12 bits per heavy atom. The molecule has 11 heteroatoms. The van der Waals surface area contributed by atoms with Crippen LogP contribution < -0.4 is 10.6 Å². The van der Waals surface area contributed by atoms with Gasteiger partial charge < -0.3 is 15.3 Å². The van der Waals surface area contributed by atoms with Crippen molar-refractivity contribution >= 4 is 17.5 Å². The first kappa shape index (κ1) is 23.1. The predicted molar refractivity (Wildman–Crippen MR) is 110 cm³/mol. The lowest BCUT2D eigenvalue weighted by molar-refractivity contribution is -0.163. The van der Waals surface area contributed by atoms with Crippen LogP contribution in [0.1, 0.15) is 21.5 Å². The minimum Gasteiger partial charge on any atom is -0.365 e. The fourth-order valence-electron chi connectivity index (χ4n) is 4.06. The molecule has 2 amide bonds. The van der Waals surface area contributed by atoms with Gasteiger partial charge in [0.1, 0.15) is 11.6 Å². The Morgan fingerprint density at radius 3 is 2.58 bits per heavy atom. The van der Waals surface area contributed by atoms with Crippen molar-refractivity contribution in [3.8, 4) is 0 Å². The van der Waals surface area contributed by atoms with E-state index in [4.69, 9.17) is 0 Å². The number of nitrogens with one attached hydrogen (secondary N) is 2. The predicted octanol–water partition coefficient (Wildman–Crippen LogP) is 2.01. The normalized spacial score (nSPS) is 21.1. The molecule has 2 atom stereocenters. The molecule has 0 saturated carbocycles. The summed E-state index contributed by atoms with van der Waals surface area (Å²) in [6.07, 6.45) is -0.898. The maximum absolute atomic E-state index is 15.1. The first-order valence-corrected chi connectivity index (χ1v) is 10.3. The fraction of sp³-hybridized carbons (Fsp3) is 0.364. The summed E-state index contributed by atoms with van der Waals surface area (Å²) in [6.45, 7) is 1.89. The van der Waals surface area contributed by atoms with E-state index in [2.05, 4.69) is 10.6 Å². The first-order chi connectivity index (χ1) is 15.6. The van der Waals surface area contributed by atoms with Crippen LogP contribution >= 0.6 is 0 Å². The summed E-state index contributed by atoms with van der Waals surface area (Å²) in [4.78, 5) is 27.8. The topological polar surface area (TPSA) is 84.9 Å². The van der Waals surface area contributed by atoms with Gasteiger partial charge >= 0.3 is 5.92 Å². The summed E-state index contributed by atoms with van der Waals surface area (Å²) < 4.78 is 58.0. The number of amides is 2. The van der Waals surface area contributed by atoms with E-state index in [0.717, 1.165) is 17.0 Å². The van der Waals surface area contributed by atoms with Crippen LogP contribution in [0.15, 0.2) is 36.4 Å². The summed E-state index contributed by atoms with van der Waals surface area (Å²) in [7, 11) is 0. The van der Waals surface area contributed by atoms with Gasteiger partial charge in [-0.3, -0.25) is 19.8 Å². The molecule has 0 aliphatic carbocycles. The number of aliphatic hydroxyl groups excluding tert-OH is 1. The van der Waals surface area contributed by atoms with E-state index in [-0.39, 0.29) is 42.5 Å². The molecular weight excluding hydrogens is 444 g/mol. The molecule has 2 saturated heterocycles. The number of alkyl halides is 2. The molecule has 0 spiro atoms. The van der Waals surface area contributed by atoms with Crippen LogP contribution in [0.2, 0.25) is 0 Å². The lowest BCUT2D eigenvalue weighted by Crippen LogP contribution is -2.57. The number of anilines is 1. The van der Waals surface area contributed by atoms with Crippen molar-refractivity contribution in [1.82, 2.24) is 15.1 Å². The van der Waals surface area contributed by atoms with Gasteiger partial charge in [-0.2, -0.15) is 8.78 Å². The van der Waals surface area contributed by atoms with Crippen molar-refractivity contribution < 1.29 is 32.3 Å². The second-order valence-electron chi connectivity index (χ2n) is 8.11. The first-order valence-electron chi connectivity index (χ1n) is 10.3. The number of rotatable bonds is 4. The fourth-order valence-corrected chi connectivity index (χ4v) is 4.06. The summed E-state index contributed by atoms with van der Waals surface area (Å²) >= 11 is 0. The Labute approximate surface area is 187 Å². The number of aryl methyl sites for hydroxylation is 1. The van der Waals surface area contributed by atoms with Crippen LogP contribution in [0, 0.1) is 18.6 Å². The summed E-state index contributed by atoms with van der Waals surface area (Å²) in [5.74, 6) is -8.39. The molecule has 2 unspecified atom stereocenters. The highest BCUT2D eigenvalue weighted by atomic mass is 19.3. The van der Waals surface area contributed by atoms with Gasteiger partial charge in [-0.25, -0.2) is 8.78 Å². The lowest BCUT2D eigenvalue weighted by atomic mass is 10.0. The van der Waals surface area contributed by atoms with E-state index < -0.39 is 41.3 Å². The number of fused-ring (bicyclic) bond motifs is 1. The van der Waals surface area contributed by atoms with Gasteiger partial charge in [0.2, 0.25) is 0 Å². The minimum absolute atomic E-state index is 0.0514. The zero-order valence-corrected chi connectivity index (χ0v) is 17.6. The molecule has 0 radical (unpaired) electrons. The summed E-state index contributed by atoms with van der Waals surface area (Å²) in [5.41, 5.74) is -0.983. The van der Waals surface area contributed by atoms with Crippen LogP contribution in [-0.2, 0) is 10.7 Å². The van der Waals surface area contributed by atoms with Gasteiger partial charge in [-0.15, -0.1) is 0 Å². The Hall–Kier alpha value is -3.02. The van der Waals surface area contributed by atoms with Crippen LogP contribution in [0.5, 0.6) is 0 Å². The van der Waals surface area contributed by atoms with E-state index in [1.165, 1.54) is 19.1 Å². The minimum atomic E-state index is -4.21. The molecule has 2 heterocycles. The van der Waals surface area contributed by atoms with Crippen LogP contribution in [-0.4, -0.2) is 65.3 Å². The van der Waals surface area contributed by atoms with Gasteiger partial charge in [0, 0.05) is 43.5 Å². The van der Waals surface area contributed by atoms with Crippen molar-refractivity contribution in [2.75, 3.05) is 31.5 Å². The number of carbonyl (C=O) groups excluding carboxylic acids is 2. The molecule has 176 valence electrons. The molecule has 2 fully saturated rings. The van der Waals surface area contributed by atoms with Gasteiger partial charge in [0.15, 0.2) is 6.35 Å². The summed E-state index contributed by atoms with van der Waals surface area (Å²) in [6, 6.07) is 5.85. The van der Waals surface area contributed by atoms with Gasteiger partial charge in [-0.05, 0) is 48.9 Å². The number of nitrogens with zero attached hydrogens (tertiary/aromatic N) is 2. The number of benzene rings is 2. The van der Waals surface area contributed by atoms with Gasteiger partial charge in [-0.1, -0.05) is 0 Å². The van der Waals surface area contributed by atoms with Crippen LogP contribution in [0.25, 0.3) is 0 Å². The highest BCUT2D eigenvalue weighted by molar-refractivity contribution is 6.04. The highest BCUT2D eigenvalue weighted by Crippen LogP contribution is 2.34. The molecule has 4 rings (SSSR count). The smallest absolute Gasteiger partial charge is 0.352 e. The Balaban J connectivity index is 1.53. The lowest BCUT2D eigenvalue weighted by Gasteiger charge is -2.39. The standard InChI is InChI=1S/C22H22F4N4O3/c1-12-8-14(3-5-17(12)23)28-19(31)13-2-4-18(24)16(9-13)22(25,26)20(32)29-6-7-30-15(11-29)10-27-21(30)33/h2-5,8-9,15,21,27,33H,6-7,10-11H2,1H3,(H,28,31). The second kappa shape index (κ2) is 8.73. The molecule has 3 N–H and O–H groups in total. The quantitative estimate of drug-likeness (QED) is 0.601. The van der Waals surface area contributed by atoms with Crippen molar-refractivity contribution in [2.45, 2.75) is 25.2 Å². The van der Waals surface area contributed by atoms with Crippen molar-refractivity contribution in [1.29, 1.82) is 0 Å². The van der Waals surface area contributed by atoms with Crippen molar-refractivity contribution in [3.63, 3.8) is 0 Å². The van der Waals surface area contributed by atoms with Gasteiger partial charge in [0.05, 0.1) is 5.56 Å². The third kappa shape index (κ3) is 4.43. The largest absolute Gasteiger partial charge is 0.365 e. The van der Waals surface area contributed by atoms with Crippen molar-refractivity contribution in [2.24, 2.45) is 0 Å². The third-order valence-electron chi connectivity index (χ3n) is 5.92. The van der Waals surface area contributed by atoms with Crippen LogP contribution in [0.3, 0.4) is 0 Å². The van der Waals surface area contributed by atoms with Crippen LogP contribution in [0.4, 0.5) is 23.2 Å². The average molecular weight is 466 g/mol.